The summed E-state index contributed by atoms with van der Waals surface area (Å²) in [5.74, 6) is -2.28. The Hall–Kier alpha value is -2.05. The fourth-order valence-electron chi connectivity index (χ4n) is 3.27. The highest BCUT2D eigenvalue weighted by atomic mass is 19.2. The molecule has 1 aliphatic rings. The summed E-state index contributed by atoms with van der Waals surface area (Å²) in [6.45, 7) is 4.86. The van der Waals surface area contributed by atoms with Crippen molar-refractivity contribution >= 4 is 0 Å². The van der Waals surface area contributed by atoms with Crippen LogP contribution in [0.3, 0.4) is 0 Å². The van der Waals surface area contributed by atoms with Crippen LogP contribution in [0.4, 0.5) is 13.2 Å². The molecule has 0 spiro atoms. The molecule has 3 rings (SSSR count). The highest BCUT2D eigenvalue weighted by molar-refractivity contribution is 5.32. The molecule has 0 atom stereocenters. The van der Waals surface area contributed by atoms with Gasteiger partial charge in [-0.05, 0) is 55.5 Å². The number of benzene rings is 2. The van der Waals surface area contributed by atoms with Gasteiger partial charge >= 0.3 is 0 Å². The standard InChI is InChI=1S/C23H27F3O3/c1-3-4-11-27-20-10-9-18(21(25)22(20)26)23-28-13-16(14-29-23)6-8-17-7-5-15(2)12-19(17)24/h5,7,9-10,12,16,23H,3-4,6,8,11,13-14H2,1-2H3. The third-order valence-electron chi connectivity index (χ3n) is 5.08. The van der Waals surface area contributed by atoms with Crippen LogP contribution in [0.5, 0.6) is 5.75 Å². The number of ether oxygens (including phenoxy) is 3. The minimum absolute atomic E-state index is 0.0216. The van der Waals surface area contributed by atoms with Gasteiger partial charge in [-0.3, -0.25) is 0 Å². The molecule has 0 radical (unpaired) electrons. The van der Waals surface area contributed by atoms with Crippen LogP contribution in [-0.2, 0) is 15.9 Å². The highest BCUT2D eigenvalue weighted by Gasteiger charge is 2.28. The van der Waals surface area contributed by atoms with Crippen molar-refractivity contribution < 1.29 is 27.4 Å². The Kier molecular flexibility index (Phi) is 7.56. The van der Waals surface area contributed by atoms with Crippen LogP contribution < -0.4 is 4.74 Å². The lowest BCUT2D eigenvalue weighted by molar-refractivity contribution is -0.207. The maximum atomic E-state index is 14.4. The predicted octanol–water partition coefficient (Wildman–Crippen LogP) is 5.89. The molecular weight excluding hydrogens is 381 g/mol. The Labute approximate surface area is 169 Å². The summed E-state index contributed by atoms with van der Waals surface area (Å²) >= 11 is 0. The predicted molar refractivity (Wildman–Crippen MR) is 104 cm³/mol. The van der Waals surface area contributed by atoms with E-state index in [0.29, 0.717) is 38.2 Å². The second kappa shape index (κ2) is 10.1. The molecule has 29 heavy (non-hydrogen) atoms. The van der Waals surface area contributed by atoms with Crippen molar-refractivity contribution in [2.45, 2.75) is 45.8 Å². The number of unbranched alkanes of at least 4 members (excludes halogenated alkanes) is 1. The first-order chi connectivity index (χ1) is 14.0. The van der Waals surface area contributed by atoms with E-state index >= 15 is 0 Å². The van der Waals surface area contributed by atoms with E-state index in [4.69, 9.17) is 14.2 Å². The molecular formula is C23H27F3O3. The molecule has 0 aliphatic carbocycles. The van der Waals surface area contributed by atoms with Gasteiger partial charge in [0.25, 0.3) is 0 Å². The number of hydrogen-bond acceptors (Lipinski definition) is 3. The Bertz CT molecular complexity index is 817. The minimum atomic E-state index is -1.03. The van der Waals surface area contributed by atoms with Crippen LogP contribution in [0.2, 0.25) is 0 Å². The number of aryl methyl sites for hydroxylation is 2. The fraction of sp³-hybridized carbons (Fsp3) is 0.478. The van der Waals surface area contributed by atoms with Crippen LogP contribution in [0.15, 0.2) is 30.3 Å². The van der Waals surface area contributed by atoms with Gasteiger partial charge < -0.3 is 14.2 Å². The van der Waals surface area contributed by atoms with Crippen LogP contribution in [0.1, 0.15) is 49.2 Å². The van der Waals surface area contributed by atoms with E-state index in [9.17, 15) is 13.2 Å². The molecule has 0 N–H and O–H groups in total. The lowest BCUT2D eigenvalue weighted by Crippen LogP contribution is -2.28. The fourth-order valence-corrected chi connectivity index (χ4v) is 3.27. The molecule has 0 unspecified atom stereocenters. The molecule has 2 aromatic rings. The molecule has 1 saturated heterocycles. The molecule has 0 saturated carbocycles. The van der Waals surface area contributed by atoms with E-state index in [1.165, 1.54) is 18.2 Å². The molecule has 0 amide bonds. The topological polar surface area (TPSA) is 27.7 Å². The normalized spacial score (nSPS) is 19.3. The zero-order chi connectivity index (χ0) is 20.8. The number of halogens is 3. The van der Waals surface area contributed by atoms with E-state index in [-0.39, 0.29) is 23.0 Å². The summed E-state index contributed by atoms with van der Waals surface area (Å²) < 4.78 is 59.2. The summed E-state index contributed by atoms with van der Waals surface area (Å²) in [6, 6.07) is 8.04. The quantitative estimate of drug-likeness (QED) is 0.510. The minimum Gasteiger partial charge on any atom is -0.490 e. The maximum Gasteiger partial charge on any atom is 0.201 e. The summed E-state index contributed by atoms with van der Waals surface area (Å²) in [5.41, 5.74) is 1.56. The van der Waals surface area contributed by atoms with Crippen molar-refractivity contribution in [2.24, 2.45) is 5.92 Å². The Morgan fingerprint density at radius 2 is 1.79 bits per heavy atom. The van der Waals surface area contributed by atoms with Gasteiger partial charge in [0.05, 0.1) is 19.8 Å². The zero-order valence-corrected chi connectivity index (χ0v) is 16.8. The maximum absolute atomic E-state index is 14.4. The average molecular weight is 408 g/mol. The van der Waals surface area contributed by atoms with E-state index in [0.717, 1.165) is 18.4 Å². The van der Waals surface area contributed by atoms with Crippen LogP contribution in [0.25, 0.3) is 0 Å². The second-order valence-corrected chi connectivity index (χ2v) is 7.48. The SMILES string of the molecule is CCCCOc1ccc(C2OCC(CCc3ccc(C)cc3F)CO2)c(F)c1F. The van der Waals surface area contributed by atoms with Crippen molar-refractivity contribution in [3.63, 3.8) is 0 Å². The highest BCUT2D eigenvalue weighted by Crippen LogP contribution is 2.32. The van der Waals surface area contributed by atoms with Gasteiger partial charge in [-0.15, -0.1) is 0 Å². The first kappa shape index (κ1) is 21.7. The van der Waals surface area contributed by atoms with E-state index in [1.807, 2.05) is 19.9 Å². The third-order valence-corrected chi connectivity index (χ3v) is 5.08. The summed E-state index contributed by atoms with van der Waals surface area (Å²) in [7, 11) is 0. The molecule has 1 heterocycles. The van der Waals surface area contributed by atoms with Gasteiger partial charge in [-0.2, -0.15) is 4.39 Å². The van der Waals surface area contributed by atoms with Gasteiger partial charge in [0.15, 0.2) is 17.9 Å². The third kappa shape index (κ3) is 5.52. The lowest BCUT2D eigenvalue weighted by atomic mass is 9.99. The van der Waals surface area contributed by atoms with Crippen molar-refractivity contribution in [3.8, 4) is 5.75 Å². The molecule has 0 aromatic heterocycles. The average Bonchev–Trinajstić information content (AvgIpc) is 2.71. The van der Waals surface area contributed by atoms with E-state index in [1.54, 1.807) is 6.07 Å². The van der Waals surface area contributed by atoms with Gasteiger partial charge in [0.2, 0.25) is 5.82 Å². The Balaban J connectivity index is 1.54. The van der Waals surface area contributed by atoms with Crippen LogP contribution >= 0.6 is 0 Å². The first-order valence-electron chi connectivity index (χ1n) is 10.1. The molecule has 158 valence electrons. The summed E-state index contributed by atoms with van der Waals surface area (Å²) in [6.07, 6.45) is 1.98. The Morgan fingerprint density at radius 3 is 2.48 bits per heavy atom. The molecule has 1 fully saturated rings. The molecule has 2 aromatic carbocycles. The van der Waals surface area contributed by atoms with Gasteiger partial charge in [0.1, 0.15) is 5.82 Å². The van der Waals surface area contributed by atoms with E-state index in [2.05, 4.69) is 0 Å². The molecule has 6 heteroatoms. The smallest absolute Gasteiger partial charge is 0.201 e. The Morgan fingerprint density at radius 1 is 1.03 bits per heavy atom. The van der Waals surface area contributed by atoms with Crippen molar-refractivity contribution in [1.82, 2.24) is 0 Å². The monoisotopic (exact) mass is 408 g/mol. The molecule has 1 aliphatic heterocycles. The van der Waals surface area contributed by atoms with Crippen LogP contribution in [0, 0.1) is 30.3 Å². The molecule has 3 nitrogen and oxygen atoms in total. The first-order valence-corrected chi connectivity index (χ1v) is 10.1. The van der Waals surface area contributed by atoms with Gasteiger partial charge in [-0.25, -0.2) is 8.78 Å². The van der Waals surface area contributed by atoms with Gasteiger partial charge in [0, 0.05) is 11.5 Å². The second-order valence-electron chi connectivity index (χ2n) is 7.48. The van der Waals surface area contributed by atoms with Crippen molar-refractivity contribution in [3.05, 3.63) is 64.5 Å². The number of hydrogen-bond donors (Lipinski definition) is 0. The summed E-state index contributed by atoms with van der Waals surface area (Å²) in [5, 5.41) is 0. The van der Waals surface area contributed by atoms with Crippen molar-refractivity contribution in [2.75, 3.05) is 19.8 Å². The molecule has 0 bridgehead atoms. The zero-order valence-electron chi connectivity index (χ0n) is 16.8. The van der Waals surface area contributed by atoms with Crippen molar-refractivity contribution in [1.29, 1.82) is 0 Å². The largest absolute Gasteiger partial charge is 0.490 e. The summed E-state index contributed by atoms with van der Waals surface area (Å²) in [4.78, 5) is 0. The lowest BCUT2D eigenvalue weighted by Gasteiger charge is -2.30. The number of rotatable bonds is 8. The van der Waals surface area contributed by atoms with Crippen LogP contribution in [-0.4, -0.2) is 19.8 Å². The van der Waals surface area contributed by atoms with Gasteiger partial charge in [-0.1, -0.05) is 25.5 Å². The van der Waals surface area contributed by atoms with E-state index < -0.39 is 17.9 Å².